The lowest BCUT2D eigenvalue weighted by molar-refractivity contribution is 0.112. The third-order valence-corrected chi connectivity index (χ3v) is 6.31. The van der Waals surface area contributed by atoms with E-state index in [1.54, 1.807) is 30.3 Å². The number of ether oxygens (including phenoxy) is 1. The average Bonchev–Trinajstić information content (AvgIpc) is 2.87. The molecule has 28 heavy (non-hydrogen) atoms. The maximum Gasteiger partial charge on any atom is 0.251 e. The van der Waals surface area contributed by atoms with Crippen LogP contribution in [0.15, 0.2) is 81.4 Å². The number of aliphatic hydroxyl groups is 1. The highest BCUT2D eigenvalue weighted by atomic mass is 35.5. The Morgan fingerprint density at radius 2 is 1.86 bits per heavy atom. The van der Waals surface area contributed by atoms with Crippen molar-refractivity contribution in [3.8, 4) is 5.75 Å². The van der Waals surface area contributed by atoms with Gasteiger partial charge in [-0.3, -0.25) is 4.79 Å². The number of rotatable bonds is 3. The quantitative estimate of drug-likeness (QED) is 0.711. The van der Waals surface area contributed by atoms with Crippen molar-refractivity contribution < 1.29 is 14.1 Å². The van der Waals surface area contributed by atoms with Crippen molar-refractivity contribution in [3.63, 3.8) is 0 Å². The topological polar surface area (TPSA) is 68.5 Å². The molecule has 4 rings (SSSR count). The van der Waals surface area contributed by atoms with Gasteiger partial charge in [0, 0.05) is 34.0 Å². The Morgan fingerprint density at radius 1 is 1.07 bits per heavy atom. The van der Waals surface area contributed by atoms with Crippen molar-refractivity contribution in [1.82, 2.24) is 4.57 Å². The number of benzene rings is 2. The van der Waals surface area contributed by atoms with Gasteiger partial charge in [-0.15, -0.1) is 0 Å². The standard InChI is InChI=1S/C21H18ClNO4S/c22-14-6-9-20(25)23(13-14)21-17-12-16(28(26)15-4-2-1-3-5-15)7-8-19(17)27-11-10-18(21)24/h1-9,12-13,18,21,24H,10-11H2/t18-,21-,28?/m0/s1. The van der Waals surface area contributed by atoms with Crippen LogP contribution in [0.4, 0.5) is 0 Å². The van der Waals surface area contributed by atoms with Crippen molar-refractivity contribution in [2.24, 2.45) is 0 Å². The molecule has 0 bridgehead atoms. The van der Waals surface area contributed by atoms with Crippen LogP contribution in [-0.4, -0.2) is 26.6 Å². The molecule has 1 N–H and O–H groups in total. The van der Waals surface area contributed by atoms with E-state index in [0.717, 1.165) is 0 Å². The molecule has 7 heteroatoms. The monoisotopic (exact) mass is 415 g/mol. The Balaban J connectivity index is 1.85. The fourth-order valence-electron chi connectivity index (χ4n) is 3.37. The van der Waals surface area contributed by atoms with Crippen LogP contribution in [0.25, 0.3) is 0 Å². The molecule has 5 nitrogen and oxygen atoms in total. The highest BCUT2D eigenvalue weighted by molar-refractivity contribution is 7.85. The van der Waals surface area contributed by atoms with Crippen LogP contribution >= 0.6 is 11.6 Å². The summed E-state index contributed by atoms with van der Waals surface area (Å²) in [5, 5.41) is 11.1. The van der Waals surface area contributed by atoms with Gasteiger partial charge in [-0.05, 0) is 36.4 Å². The number of hydrogen-bond donors (Lipinski definition) is 1. The van der Waals surface area contributed by atoms with Gasteiger partial charge in [0.25, 0.3) is 5.56 Å². The molecule has 1 unspecified atom stereocenters. The van der Waals surface area contributed by atoms with E-state index in [1.807, 2.05) is 18.2 Å². The number of aliphatic hydroxyl groups excluding tert-OH is 1. The third-order valence-electron chi connectivity index (χ3n) is 4.71. The molecule has 3 atom stereocenters. The maximum absolute atomic E-state index is 13.0. The van der Waals surface area contributed by atoms with Crippen LogP contribution < -0.4 is 10.3 Å². The van der Waals surface area contributed by atoms with Crippen LogP contribution in [0, 0.1) is 0 Å². The molecule has 2 heterocycles. The van der Waals surface area contributed by atoms with E-state index in [0.29, 0.717) is 39.2 Å². The van der Waals surface area contributed by atoms with Gasteiger partial charge in [0.05, 0.1) is 34.6 Å². The second-order valence-electron chi connectivity index (χ2n) is 6.52. The molecule has 2 aromatic carbocycles. The molecule has 3 aromatic rings. The molecule has 1 aromatic heterocycles. The van der Waals surface area contributed by atoms with E-state index >= 15 is 0 Å². The van der Waals surface area contributed by atoms with E-state index in [4.69, 9.17) is 16.3 Å². The molecule has 0 spiro atoms. The number of aromatic nitrogens is 1. The molecular weight excluding hydrogens is 398 g/mol. The average molecular weight is 416 g/mol. The van der Waals surface area contributed by atoms with Crippen molar-refractivity contribution in [1.29, 1.82) is 0 Å². The van der Waals surface area contributed by atoms with Crippen LogP contribution in [-0.2, 0) is 10.8 Å². The predicted octanol–water partition coefficient (Wildman–Crippen LogP) is 3.40. The van der Waals surface area contributed by atoms with Crippen LogP contribution in [0.2, 0.25) is 5.02 Å². The Labute approximate surface area is 169 Å². The largest absolute Gasteiger partial charge is 0.493 e. The molecule has 1 aliphatic heterocycles. The highest BCUT2D eigenvalue weighted by Crippen LogP contribution is 2.36. The van der Waals surface area contributed by atoms with Crippen molar-refractivity contribution in [2.45, 2.75) is 28.4 Å². The van der Waals surface area contributed by atoms with Gasteiger partial charge in [-0.2, -0.15) is 0 Å². The van der Waals surface area contributed by atoms with E-state index < -0.39 is 22.9 Å². The third kappa shape index (κ3) is 3.63. The lowest BCUT2D eigenvalue weighted by Gasteiger charge is -2.24. The molecule has 1 aliphatic rings. The number of hydrogen-bond acceptors (Lipinski definition) is 4. The SMILES string of the molecule is O=c1ccc(Cl)cn1[C@H]1c2cc(S(=O)c3ccccc3)ccc2OCC[C@@H]1O. The van der Waals surface area contributed by atoms with Crippen molar-refractivity contribution >= 4 is 22.4 Å². The summed E-state index contributed by atoms with van der Waals surface area (Å²) in [6.07, 6.45) is 1.01. The van der Waals surface area contributed by atoms with E-state index in [-0.39, 0.29) is 5.56 Å². The minimum Gasteiger partial charge on any atom is -0.493 e. The molecule has 0 aliphatic carbocycles. The van der Waals surface area contributed by atoms with Gasteiger partial charge in [-0.1, -0.05) is 29.8 Å². The zero-order valence-corrected chi connectivity index (χ0v) is 16.4. The van der Waals surface area contributed by atoms with Gasteiger partial charge in [0.1, 0.15) is 5.75 Å². The first kappa shape index (κ1) is 18.9. The summed E-state index contributed by atoms with van der Waals surface area (Å²) in [6, 6.07) is 16.6. The molecule has 0 saturated carbocycles. The number of nitrogens with zero attached hydrogens (tertiary/aromatic N) is 1. The Hall–Kier alpha value is -2.41. The Bertz CT molecular complexity index is 1080. The lowest BCUT2D eigenvalue weighted by Crippen LogP contribution is -2.32. The maximum atomic E-state index is 13.0. The fourth-order valence-corrected chi connectivity index (χ4v) is 4.64. The minimum atomic E-state index is -1.39. The number of pyridine rings is 1. The zero-order chi connectivity index (χ0) is 19.7. The Morgan fingerprint density at radius 3 is 2.64 bits per heavy atom. The zero-order valence-electron chi connectivity index (χ0n) is 14.8. The van der Waals surface area contributed by atoms with Crippen LogP contribution in [0.1, 0.15) is 18.0 Å². The smallest absolute Gasteiger partial charge is 0.251 e. The second-order valence-corrected chi connectivity index (χ2v) is 8.44. The predicted molar refractivity (Wildman–Crippen MR) is 108 cm³/mol. The normalized spacial score (nSPS) is 19.9. The van der Waals surface area contributed by atoms with Crippen LogP contribution in [0.5, 0.6) is 5.75 Å². The first-order valence-electron chi connectivity index (χ1n) is 8.84. The van der Waals surface area contributed by atoms with Crippen LogP contribution in [0.3, 0.4) is 0 Å². The fraction of sp³-hybridized carbons (Fsp3) is 0.190. The number of fused-ring (bicyclic) bond motifs is 1. The molecule has 0 fully saturated rings. The molecule has 0 radical (unpaired) electrons. The summed E-state index contributed by atoms with van der Waals surface area (Å²) in [6.45, 7) is 0.321. The number of halogens is 1. The first-order chi connectivity index (χ1) is 13.5. The Kier molecular flexibility index (Phi) is 5.35. The lowest BCUT2D eigenvalue weighted by atomic mass is 9.99. The summed E-state index contributed by atoms with van der Waals surface area (Å²) < 4.78 is 20.2. The van der Waals surface area contributed by atoms with Crippen molar-refractivity contribution in [2.75, 3.05) is 6.61 Å². The summed E-state index contributed by atoms with van der Waals surface area (Å²) in [4.78, 5) is 13.7. The van der Waals surface area contributed by atoms with Gasteiger partial charge >= 0.3 is 0 Å². The molecular formula is C21H18ClNO4S. The summed E-state index contributed by atoms with van der Waals surface area (Å²) >= 11 is 6.09. The summed E-state index contributed by atoms with van der Waals surface area (Å²) in [5.41, 5.74) is 0.326. The van der Waals surface area contributed by atoms with Gasteiger partial charge in [0.2, 0.25) is 0 Å². The minimum absolute atomic E-state index is 0.282. The van der Waals surface area contributed by atoms with Gasteiger partial charge in [-0.25, -0.2) is 4.21 Å². The summed E-state index contributed by atoms with van der Waals surface area (Å²) in [7, 11) is -1.39. The van der Waals surface area contributed by atoms with E-state index in [1.165, 1.54) is 22.9 Å². The van der Waals surface area contributed by atoms with E-state index in [9.17, 15) is 14.1 Å². The molecule has 0 saturated heterocycles. The van der Waals surface area contributed by atoms with Crippen molar-refractivity contribution in [3.05, 3.63) is 87.8 Å². The van der Waals surface area contributed by atoms with Gasteiger partial charge < -0.3 is 14.4 Å². The first-order valence-corrected chi connectivity index (χ1v) is 10.4. The highest BCUT2D eigenvalue weighted by Gasteiger charge is 2.30. The molecule has 144 valence electrons. The second kappa shape index (κ2) is 7.91. The molecule has 0 amide bonds. The summed E-state index contributed by atoms with van der Waals surface area (Å²) in [5.74, 6) is 0.558. The van der Waals surface area contributed by atoms with Gasteiger partial charge in [0.15, 0.2) is 0 Å². The van der Waals surface area contributed by atoms with E-state index in [2.05, 4.69) is 0 Å².